The van der Waals surface area contributed by atoms with Crippen LogP contribution >= 0.6 is 0 Å². The molecule has 4 heteroatoms. The predicted molar refractivity (Wildman–Crippen MR) is 103 cm³/mol. The number of hydrazone groups is 1. The number of nitrogens with zero attached hydrogens (tertiary/aromatic N) is 2. The van der Waals surface area contributed by atoms with E-state index in [4.69, 9.17) is 0 Å². The van der Waals surface area contributed by atoms with Crippen molar-refractivity contribution >= 4 is 11.4 Å². The fourth-order valence-corrected chi connectivity index (χ4v) is 2.92. The zero-order valence-electron chi connectivity index (χ0n) is 14.3. The Labute approximate surface area is 147 Å². The van der Waals surface area contributed by atoms with Crippen LogP contribution in [0.25, 0.3) is 11.1 Å². The molecule has 0 amide bonds. The van der Waals surface area contributed by atoms with Gasteiger partial charge in [-0.3, -0.25) is 0 Å². The monoisotopic (exact) mass is 332 g/mol. The summed E-state index contributed by atoms with van der Waals surface area (Å²) in [6.45, 7) is 11.3. The van der Waals surface area contributed by atoms with Crippen molar-refractivity contribution in [2.45, 2.75) is 13.8 Å². The summed E-state index contributed by atoms with van der Waals surface area (Å²) in [5, 5.41) is 25.8. The van der Waals surface area contributed by atoms with E-state index in [0.29, 0.717) is 0 Å². The predicted octanol–water partition coefficient (Wildman–Crippen LogP) is 5.17. The third kappa shape index (κ3) is 3.19. The van der Waals surface area contributed by atoms with Crippen molar-refractivity contribution in [2.75, 3.05) is 5.01 Å². The smallest absolute Gasteiger partial charge is 0.142 e. The molecule has 0 atom stereocenters. The summed E-state index contributed by atoms with van der Waals surface area (Å²) in [7, 11) is 0. The lowest BCUT2D eigenvalue weighted by Crippen LogP contribution is -2.22. The SMILES string of the molecule is C=C(O)C1=NN(c2ccccc2-c2cc(C)cc(C)c2)C=C(O)C1=C. The highest BCUT2D eigenvalue weighted by Crippen LogP contribution is 2.34. The lowest BCUT2D eigenvalue weighted by Gasteiger charge is -2.24. The summed E-state index contributed by atoms with van der Waals surface area (Å²) >= 11 is 0. The van der Waals surface area contributed by atoms with Gasteiger partial charge in [-0.05, 0) is 25.5 Å². The van der Waals surface area contributed by atoms with Crippen molar-refractivity contribution < 1.29 is 10.2 Å². The van der Waals surface area contributed by atoms with Crippen LogP contribution in [0.5, 0.6) is 0 Å². The Hall–Kier alpha value is -3.27. The molecule has 1 aliphatic rings. The van der Waals surface area contributed by atoms with Gasteiger partial charge in [-0.2, -0.15) is 5.10 Å². The van der Waals surface area contributed by atoms with Crippen LogP contribution < -0.4 is 5.01 Å². The zero-order valence-corrected chi connectivity index (χ0v) is 14.3. The van der Waals surface area contributed by atoms with Crippen LogP contribution in [-0.4, -0.2) is 15.9 Å². The first-order valence-electron chi connectivity index (χ1n) is 7.91. The number of hydrogen-bond acceptors (Lipinski definition) is 4. The largest absolute Gasteiger partial charge is 0.506 e. The van der Waals surface area contributed by atoms with Gasteiger partial charge >= 0.3 is 0 Å². The molecule has 2 N–H and O–H groups in total. The number of aliphatic hydroxyl groups excluding tert-OH is 2. The molecular formula is C21H20N2O2. The lowest BCUT2D eigenvalue weighted by molar-refractivity contribution is 0.417. The van der Waals surface area contributed by atoms with Gasteiger partial charge in [-0.15, -0.1) is 0 Å². The van der Waals surface area contributed by atoms with Crippen molar-refractivity contribution in [1.29, 1.82) is 0 Å². The Bertz CT molecular complexity index is 918. The maximum atomic E-state index is 10.2. The molecule has 4 nitrogen and oxygen atoms in total. The number of benzene rings is 2. The first kappa shape index (κ1) is 16.6. The highest BCUT2D eigenvalue weighted by Gasteiger charge is 2.22. The Morgan fingerprint density at radius 2 is 1.72 bits per heavy atom. The molecule has 2 aromatic carbocycles. The van der Waals surface area contributed by atoms with Gasteiger partial charge in [0.05, 0.1) is 11.9 Å². The number of hydrogen-bond donors (Lipinski definition) is 2. The number of rotatable bonds is 3. The molecule has 126 valence electrons. The molecule has 0 aliphatic carbocycles. The number of anilines is 1. The molecule has 2 aromatic rings. The topological polar surface area (TPSA) is 56.1 Å². The Morgan fingerprint density at radius 1 is 1.08 bits per heavy atom. The Balaban J connectivity index is 2.16. The zero-order chi connectivity index (χ0) is 18.1. The Morgan fingerprint density at radius 3 is 2.36 bits per heavy atom. The van der Waals surface area contributed by atoms with Gasteiger partial charge in [0, 0.05) is 11.1 Å². The van der Waals surface area contributed by atoms with Crippen LogP contribution in [0.3, 0.4) is 0 Å². The molecule has 0 saturated heterocycles. The molecule has 0 aromatic heterocycles. The van der Waals surface area contributed by atoms with E-state index in [2.05, 4.69) is 50.3 Å². The minimum Gasteiger partial charge on any atom is -0.506 e. The third-order valence-electron chi connectivity index (χ3n) is 4.00. The van der Waals surface area contributed by atoms with E-state index < -0.39 is 0 Å². The second kappa shape index (κ2) is 6.32. The summed E-state index contributed by atoms with van der Waals surface area (Å²) in [4.78, 5) is 0. The maximum absolute atomic E-state index is 10.2. The number of para-hydroxylation sites is 1. The van der Waals surface area contributed by atoms with Crippen LogP contribution in [0.2, 0.25) is 0 Å². The second-order valence-electron chi connectivity index (χ2n) is 6.13. The van der Waals surface area contributed by atoms with Crippen LogP contribution in [0.15, 0.2) is 84.0 Å². The number of aliphatic hydroxyl groups is 2. The fourth-order valence-electron chi connectivity index (χ4n) is 2.92. The van der Waals surface area contributed by atoms with E-state index in [1.165, 1.54) is 22.3 Å². The summed E-state index contributed by atoms with van der Waals surface area (Å²) in [5.41, 5.74) is 5.56. The summed E-state index contributed by atoms with van der Waals surface area (Å²) in [6.07, 6.45) is 1.48. The molecule has 1 heterocycles. The molecule has 25 heavy (non-hydrogen) atoms. The minimum absolute atomic E-state index is 0.0598. The molecule has 0 bridgehead atoms. The number of allylic oxidation sites excluding steroid dienone is 2. The molecular weight excluding hydrogens is 312 g/mol. The van der Waals surface area contributed by atoms with Crippen molar-refractivity contribution in [2.24, 2.45) is 5.10 Å². The molecule has 0 unspecified atom stereocenters. The molecule has 0 radical (unpaired) electrons. The fraction of sp³-hybridized carbons (Fsp3) is 0.0952. The van der Waals surface area contributed by atoms with Crippen LogP contribution in [0.4, 0.5) is 5.69 Å². The van der Waals surface area contributed by atoms with E-state index in [1.807, 2.05) is 24.3 Å². The van der Waals surface area contributed by atoms with Crippen molar-refractivity contribution in [3.05, 3.63) is 90.0 Å². The highest BCUT2D eigenvalue weighted by atomic mass is 16.3. The lowest BCUT2D eigenvalue weighted by atomic mass is 9.99. The average Bonchev–Trinajstić information content (AvgIpc) is 2.56. The molecule has 0 fully saturated rings. The van der Waals surface area contributed by atoms with E-state index in [9.17, 15) is 10.2 Å². The van der Waals surface area contributed by atoms with Gasteiger partial charge in [-0.25, -0.2) is 5.01 Å². The van der Waals surface area contributed by atoms with E-state index >= 15 is 0 Å². The van der Waals surface area contributed by atoms with Gasteiger partial charge < -0.3 is 10.2 Å². The highest BCUT2D eigenvalue weighted by molar-refractivity contribution is 6.13. The van der Waals surface area contributed by atoms with Gasteiger partial charge in [0.2, 0.25) is 0 Å². The molecule has 0 spiro atoms. The second-order valence-corrected chi connectivity index (χ2v) is 6.13. The van der Waals surface area contributed by atoms with Crippen LogP contribution in [0, 0.1) is 13.8 Å². The molecule has 1 aliphatic heterocycles. The average molecular weight is 332 g/mol. The van der Waals surface area contributed by atoms with Gasteiger partial charge in [-0.1, -0.05) is 60.7 Å². The standard InChI is InChI=1S/C21H20N2O2/c1-13-9-14(2)11-17(10-13)18-7-5-6-8-19(18)23-12-20(25)15(3)21(22-23)16(4)24/h5-12,24-25H,3-4H2,1-2H3. The van der Waals surface area contributed by atoms with Crippen LogP contribution in [-0.2, 0) is 0 Å². The van der Waals surface area contributed by atoms with Gasteiger partial charge in [0.1, 0.15) is 17.2 Å². The van der Waals surface area contributed by atoms with Crippen LogP contribution in [0.1, 0.15) is 11.1 Å². The van der Waals surface area contributed by atoms with Gasteiger partial charge in [0.25, 0.3) is 0 Å². The summed E-state index contributed by atoms with van der Waals surface area (Å²) in [6, 6.07) is 14.1. The minimum atomic E-state index is -0.237. The van der Waals surface area contributed by atoms with E-state index in [-0.39, 0.29) is 22.8 Å². The first-order valence-corrected chi connectivity index (χ1v) is 7.91. The molecule has 0 saturated carbocycles. The maximum Gasteiger partial charge on any atom is 0.142 e. The number of aryl methyl sites for hydroxylation is 2. The van der Waals surface area contributed by atoms with Crippen molar-refractivity contribution in [1.82, 2.24) is 0 Å². The first-order chi connectivity index (χ1) is 11.9. The van der Waals surface area contributed by atoms with E-state index in [0.717, 1.165) is 16.8 Å². The summed E-state index contributed by atoms with van der Waals surface area (Å²) in [5.74, 6) is -0.297. The van der Waals surface area contributed by atoms with Gasteiger partial charge in [0.15, 0.2) is 0 Å². The van der Waals surface area contributed by atoms with Crippen molar-refractivity contribution in [3.63, 3.8) is 0 Å². The summed E-state index contributed by atoms with van der Waals surface area (Å²) < 4.78 is 0. The van der Waals surface area contributed by atoms with Crippen molar-refractivity contribution in [3.8, 4) is 11.1 Å². The molecule has 3 rings (SSSR count). The van der Waals surface area contributed by atoms with E-state index in [1.54, 1.807) is 0 Å². The normalized spacial score (nSPS) is 14.2. The quantitative estimate of drug-likeness (QED) is 0.762. The third-order valence-corrected chi connectivity index (χ3v) is 4.00. The Kier molecular flexibility index (Phi) is 4.19.